The highest BCUT2D eigenvalue weighted by molar-refractivity contribution is 5.96. The molecular formula is C23H27N3O5. The van der Waals surface area contributed by atoms with Crippen molar-refractivity contribution in [1.82, 2.24) is 9.55 Å². The molecule has 1 aromatic carbocycles. The van der Waals surface area contributed by atoms with Gasteiger partial charge in [0.05, 0.1) is 24.0 Å². The van der Waals surface area contributed by atoms with Crippen molar-refractivity contribution in [1.29, 1.82) is 0 Å². The second-order valence-corrected chi connectivity index (χ2v) is 8.10. The van der Waals surface area contributed by atoms with Crippen molar-refractivity contribution in [2.75, 3.05) is 11.9 Å². The maximum Gasteiger partial charge on any atom is 0.412 e. The van der Waals surface area contributed by atoms with Gasteiger partial charge in [-0.05, 0) is 58.4 Å². The molecule has 3 aromatic rings. The molecule has 1 amide bonds. The fourth-order valence-electron chi connectivity index (χ4n) is 3.03. The summed E-state index contributed by atoms with van der Waals surface area (Å²) in [6.45, 7) is 9.33. The number of amides is 1. The summed E-state index contributed by atoms with van der Waals surface area (Å²) in [6.07, 6.45) is 0.978. The van der Waals surface area contributed by atoms with Gasteiger partial charge in [0.25, 0.3) is 0 Å². The van der Waals surface area contributed by atoms with Crippen LogP contribution in [0.4, 0.5) is 10.5 Å². The number of nitrogens with one attached hydrogen (secondary N) is 1. The minimum absolute atomic E-state index is 0.318. The Morgan fingerprint density at radius 1 is 1.16 bits per heavy atom. The SMILES string of the molecule is CCOC(=O)c1cc2ccc(Oc3cc(C)c(NC(=O)OC(C)(C)C)cn3)cc2n1C. The van der Waals surface area contributed by atoms with Crippen molar-refractivity contribution in [2.24, 2.45) is 7.05 Å². The molecule has 31 heavy (non-hydrogen) atoms. The van der Waals surface area contributed by atoms with Gasteiger partial charge in [-0.3, -0.25) is 5.32 Å². The fraction of sp³-hybridized carbons (Fsp3) is 0.348. The van der Waals surface area contributed by atoms with Gasteiger partial charge in [-0.15, -0.1) is 0 Å². The second kappa shape index (κ2) is 8.67. The van der Waals surface area contributed by atoms with Crippen LogP contribution < -0.4 is 10.1 Å². The van der Waals surface area contributed by atoms with E-state index in [1.54, 1.807) is 57.5 Å². The number of fused-ring (bicyclic) bond motifs is 1. The smallest absolute Gasteiger partial charge is 0.412 e. The molecule has 0 atom stereocenters. The third-order valence-corrected chi connectivity index (χ3v) is 4.45. The Hall–Kier alpha value is -3.55. The normalized spacial score (nSPS) is 11.3. The highest BCUT2D eigenvalue weighted by Gasteiger charge is 2.18. The number of aryl methyl sites for hydroxylation is 2. The monoisotopic (exact) mass is 425 g/mol. The van der Waals surface area contributed by atoms with Crippen LogP contribution in [-0.2, 0) is 16.5 Å². The Kier molecular flexibility index (Phi) is 6.19. The number of carbonyl (C=O) groups excluding carboxylic acids is 2. The first kappa shape index (κ1) is 22.1. The average molecular weight is 425 g/mol. The quantitative estimate of drug-likeness (QED) is 0.565. The van der Waals surface area contributed by atoms with Gasteiger partial charge in [-0.1, -0.05) is 0 Å². The van der Waals surface area contributed by atoms with E-state index in [9.17, 15) is 9.59 Å². The maximum atomic E-state index is 12.1. The lowest BCUT2D eigenvalue weighted by atomic mass is 10.2. The molecule has 0 fully saturated rings. The molecule has 0 aliphatic carbocycles. The Bertz CT molecular complexity index is 1130. The number of benzene rings is 1. The van der Waals surface area contributed by atoms with E-state index in [1.807, 2.05) is 19.1 Å². The molecule has 0 aliphatic heterocycles. The highest BCUT2D eigenvalue weighted by Crippen LogP contribution is 2.28. The first-order valence-electron chi connectivity index (χ1n) is 9.98. The molecule has 0 spiro atoms. The molecule has 0 aliphatic rings. The minimum atomic E-state index is -0.586. The van der Waals surface area contributed by atoms with Crippen LogP contribution in [0.15, 0.2) is 36.5 Å². The van der Waals surface area contributed by atoms with E-state index < -0.39 is 11.7 Å². The van der Waals surface area contributed by atoms with Crippen LogP contribution in [0.1, 0.15) is 43.7 Å². The van der Waals surface area contributed by atoms with Crippen molar-refractivity contribution in [3.05, 3.63) is 47.8 Å². The topological polar surface area (TPSA) is 91.7 Å². The Balaban J connectivity index is 1.77. The van der Waals surface area contributed by atoms with Gasteiger partial charge < -0.3 is 18.8 Å². The van der Waals surface area contributed by atoms with Gasteiger partial charge in [-0.25, -0.2) is 14.6 Å². The number of ether oxygens (including phenoxy) is 3. The number of esters is 1. The summed E-state index contributed by atoms with van der Waals surface area (Å²) in [5.74, 6) is 0.587. The number of hydrogen-bond donors (Lipinski definition) is 1. The average Bonchev–Trinajstić information content (AvgIpc) is 2.99. The zero-order chi connectivity index (χ0) is 22.8. The van der Waals surface area contributed by atoms with Crippen LogP contribution >= 0.6 is 0 Å². The van der Waals surface area contributed by atoms with Gasteiger partial charge in [0.2, 0.25) is 5.88 Å². The number of rotatable bonds is 5. The van der Waals surface area contributed by atoms with Crippen molar-refractivity contribution in [3.8, 4) is 11.6 Å². The summed E-state index contributed by atoms with van der Waals surface area (Å²) in [5, 5.41) is 3.59. The number of nitrogens with zero attached hydrogens (tertiary/aromatic N) is 2. The fourth-order valence-corrected chi connectivity index (χ4v) is 3.03. The summed E-state index contributed by atoms with van der Waals surface area (Å²) in [7, 11) is 1.80. The van der Waals surface area contributed by atoms with Crippen LogP contribution in [0.2, 0.25) is 0 Å². The van der Waals surface area contributed by atoms with E-state index in [0.29, 0.717) is 29.6 Å². The molecule has 2 aromatic heterocycles. The molecule has 0 saturated carbocycles. The van der Waals surface area contributed by atoms with Crippen molar-refractivity contribution in [2.45, 2.75) is 40.2 Å². The lowest BCUT2D eigenvalue weighted by molar-refractivity contribution is 0.0515. The molecular weight excluding hydrogens is 398 g/mol. The zero-order valence-corrected chi connectivity index (χ0v) is 18.6. The Morgan fingerprint density at radius 2 is 1.90 bits per heavy atom. The number of pyridine rings is 1. The summed E-state index contributed by atoms with van der Waals surface area (Å²) < 4.78 is 18.0. The molecule has 0 saturated heterocycles. The van der Waals surface area contributed by atoms with E-state index >= 15 is 0 Å². The molecule has 164 valence electrons. The van der Waals surface area contributed by atoms with E-state index in [-0.39, 0.29) is 5.97 Å². The largest absolute Gasteiger partial charge is 0.461 e. The Labute approximate surface area is 181 Å². The number of carbonyl (C=O) groups is 2. The lowest BCUT2D eigenvalue weighted by Crippen LogP contribution is -2.27. The summed E-state index contributed by atoms with van der Waals surface area (Å²) in [5.41, 5.74) is 2.04. The Morgan fingerprint density at radius 3 is 2.55 bits per heavy atom. The molecule has 2 heterocycles. The van der Waals surface area contributed by atoms with Crippen molar-refractivity contribution >= 4 is 28.7 Å². The zero-order valence-electron chi connectivity index (χ0n) is 18.6. The van der Waals surface area contributed by atoms with Crippen LogP contribution in [0, 0.1) is 6.92 Å². The van der Waals surface area contributed by atoms with Gasteiger partial charge in [0.1, 0.15) is 17.0 Å². The molecule has 8 heteroatoms. The number of hydrogen-bond acceptors (Lipinski definition) is 6. The molecule has 1 N–H and O–H groups in total. The number of anilines is 1. The van der Waals surface area contributed by atoms with Crippen LogP contribution in [0.5, 0.6) is 11.6 Å². The van der Waals surface area contributed by atoms with Crippen molar-refractivity contribution in [3.63, 3.8) is 0 Å². The van der Waals surface area contributed by atoms with Crippen LogP contribution in [-0.4, -0.2) is 33.8 Å². The third kappa shape index (κ3) is 5.33. The maximum absolute atomic E-state index is 12.1. The summed E-state index contributed by atoms with van der Waals surface area (Å²) in [6, 6.07) is 9.03. The van der Waals surface area contributed by atoms with E-state index in [2.05, 4.69) is 10.3 Å². The van der Waals surface area contributed by atoms with E-state index in [0.717, 1.165) is 16.5 Å². The van der Waals surface area contributed by atoms with Gasteiger partial charge in [-0.2, -0.15) is 0 Å². The molecule has 0 bridgehead atoms. The third-order valence-electron chi connectivity index (χ3n) is 4.45. The van der Waals surface area contributed by atoms with E-state index in [1.165, 1.54) is 6.20 Å². The highest BCUT2D eigenvalue weighted by atomic mass is 16.6. The van der Waals surface area contributed by atoms with Gasteiger partial charge in [0.15, 0.2) is 0 Å². The first-order chi connectivity index (χ1) is 14.6. The summed E-state index contributed by atoms with van der Waals surface area (Å²) in [4.78, 5) is 28.4. The first-order valence-corrected chi connectivity index (χ1v) is 9.98. The van der Waals surface area contributed by atoms with Crippen molar-refractivity contribution < 1.29 is 23.8 Å². The van der Waals surface area contributed by atoms with Crippen LogP contribution in [0.3, 0.4) is 0 Å². The molecule has 0 radical (unpaired) electrons. The minimum Gasteiger partial charge on any atom is -0.461 e. The number of aromatic nitrogens is 2. The molecule has 0 unspecified atom stereocenters. The standard InChI is InChI=1S/C23H27N3O5/c1-7-29-21(27)19-11-15-8-9-16(12-18(15)26(19)6)30-20-10-14(2)17(13-24-20)25-22(28)31-23(3,4)5/h8-13H,7H2,1-6H3,(H,25,28). The van der Waals surface area contributed by atoms with Crippen LogP contribution in [0.25, 0.3) is 10.9 Å². The lowest BCUT2D eigenvalue weighted by Gasteiger charge is -2.20. The van der Waals surface area contributed by atoms with E-state index in [4.69, 9.17) is 14.2 Å². The predicted octanol–water partition coefficient (Wildman–Crippen LogP) is 5.20. The van der Waals surface area contributed by atoms with Gasteiger partial charge in [0, 0.05) is 24.6 Å². The second-order valence-electron chi connectivity index (χ2n) is 8.10. The molecule has 3 rings (SSSR count). The van der Waals surface area contributed by atoms with Gasteiger partial charge >= 0.3 is 12.1 Å². The molecule has 8 nitrogen and oxygen atoms in total. The summed E-state index contributed by atoms with van der Waals surface area (Å²) >= 11 is 0. The predicted molar refractivity (Wildman–Crippen MR) is 118 cm³/mol.